The molecule has 0 aromatic carbocycles. The van der Waals surface area contributed by atoms with E-state index in [9.17, 15) is 4.79 Å². The Morgan fingerprint density at radius 1 is 1.05 bits per heavy atom. The minimum atomic E-state index is -0.150. The van der Waals surface area contributed by atoms with Crippen molar-refractivity contribution in [3.8, 4) is 0 Å². The highest BCUT2D eigenvalue weighted by atomic mass is 16.6. The molecule has 116 valence electrons. The van der Waals surface area contributed by atoms with E-state index in [4.69, 9.17) is 4.74 Å². The van der Waals surface area contributed by atoms with E-state index < -0.39 is 0 Å². The van der Waals surface area contributed by atoms with E-state index in [1.165, 1.54) is 44.9 Å². The first-order chi connectivity index (χ1) is 10.1. The van der Waals surface area contributed by atoms with Gasteiger partial charge >= 0.3 is 5.97 Å². The second-order valence-electron chi connectivity index (χ2n) is 8.20. The summed E-state index contributed by atoms with van der Waals surface area (Å²) in [5.41, 5.74) is 0.423. The summed E-state index contributed by atoms with van der Waals surface area (Å²) in [7, 11) is 0. The highest BCUT2D eigenvalue weighted by Gasteiger charge is 2.60. The van der Waals surface area contributed by atoms with Crippen LogP contribution in [0.4, 0.5) is 0 Å². The van der Waals surface area contributed by atoms with Gasteiger partial charge in [-0.15, -0.1) is 0 Å². The third kappa shape index (κ3) is 2.01. The van der Waals surface area contributed by atoms with E-state index in [1.807, 2.05) is 0 Å². The van der Waals surface area contributed by atoms with Gasteiger partial charge in [-0.3, -0.25) is 0 Å². The zero-order chi connectivity index (χ0) is 14.6. The zero-order valence-electron chi connectivity index (χ0n) is 13.3. The van der Waals surface area contributed by atoms with Crippen LogP contribution in [0.25, 0.3) is 0 Å². The summed E-state index contributed by atoms with van der Waals surface area (Å²) in [6.45, 7) is 5.56. The number of fused-ring (bicyclic) bond motifs is 5. The molecule has 0 aromatic heterocycles. The molecule has 0 N–H and O–H groups in total. The number of hydrogen-bond donors (Lipinski definition) is 0. The van der Waals surface area contributed by atoms with Crippen molar-refractivity contribution < 1.29 is 9.53 Å². The van der Waals surface area contributed by atoms with Gasteiger partial charge in [0.05, 0.1) is 0 Å². The Morgan fingerprint density at radius 2 is 1.76 bits per heavy atom. The Bertz CT molecular complexity index is 460. The zero-order valence-corrected chi connectivity index (χ0v) is 13.3. The lowest BCUT2D eigenvalue weighted by Gasteiger charge is -2.43. The van der Waals surface area contributed by atoms with Gasteiger partial charge in [0.2, 0.25) is 0 Å². The maximum absolute atomic E-state index is 12.2. The molecule has 0 saturated heterocycles. The lowest BCUT2D eigenvalue weighted by atomic mass is 9.68. The van der Waals surface area contributed by atoms with Crippen LogP contribution in [0.5, 0.6) is 0 Å². The molecule has 0 radical (unpaired) electrons. The molecule has 4 aliphatic rings. The molecular formula is C19H28O2. The number of carbonyl (C=O) groups is 1. The minimum absolute atomic E-state index is 0.136. The molecule has 5 unspecified atom stereocenters. The van der Waals surface area contributed by atoms with Gasteiger partial charge in [-0.05, 0) is 82.0 Å². The summed E-state index contributed by atoms with van der Waals surface area (Å²) in [5.74, 6) is 4.25. The van der Waals surface area contributed by atoms with E-state index in [0.717, 1.165) is 36.5 Å². The molecule has 0 heterocycles. The molecule has 4 aliphatic carbocycles. The third-order valence-electron chi connectivity index (χ3n) is 7.20. The van der Waals surface area contributed by atoms with Gasteiger partial charge < -0.3 is 4.74 Å². The van der Waals surface area contributed by atoms with Crippen molar-refractivity contribution in [2.75, 3.05) is 0 Å². The van der Waals surface area contributed by atoms with Gasteiger partial charge in [0.1, 0.15) is 5.60 Å². The molecule has 0 spiro atoms. The average molecular weight is 288 g/mol. The van der Waals surface area contributed by atoms with E-state index in [1.54, 1.807) is 6.92 Å². The fourth-order valence-corrected chi connectivity index (χ4v) is 6.47. The standard InChI is InChI=1S/C19H28O2/c1-12(2)18(20)21-19(8-3-4-9-19)17-11-13-10-16(17)15-7-5-6-14(13)15/h13-17H,1,3-11H2,2H3. The van der Waals surface area contributed by atoms with E-state index in [0.29, 0.717) is 11.5 Å². The number of hydrogen-bond acceptors (Lipinski definition) is 2. The van der Waals surface area contributed by atoms with Crippen molar-refractivity contribution in [1.82, 2.24) is 0 Å². The summed E-state index contributed by atoms with van der Waals surface area (Å²) in [6.07, 6.45) is 11.7. The second kappa shape index (κ2) is 4.86. The molecule has 4 fully saturated rings. The maximum atomic E-state index is 12.2. The average Bonchev–Trinajstić information content (AvgIpc) is 3.20. The van der Waals surface area contributed by atoms with Crippen LogP contribution in [0.15, 0.2) is 12.2 Å². The smallest absolute Gasteiger partial charge is 0.333 e. The Labute approximate surface area is 128 Å². The molecule has 2 nitrogen and oxygen atoms in total. The van der Waals surface area contributed by atoms with E-state index in [2.05, 4.69) is 6.58 Å². The third-order valence-corrected chi connectivity index (χ3v) is 7.20. The van der Waals surface area contributed by atoms with Gasteiger partial charge in [0, 0.05) is 11.5 Å². The van der Waals surface area contributed by atoms with Gasteiger partial charge in [-0.2, -0.15) is 0 Å². The monoisotopic (exact) mass is 288 g/mol. The van der Waals surface area contributed by atoms with Gasteiger partial charge in [0.15, 0.2) is 0 Å². The molecule has 0 aliphatic heterocycles. The Kier molecular flexibility index (Phi) is 3.20. The topological polar surface area (TPSA) is 26.3 Å². The molecular weight excluding hydrogens is 260 g/mol. The van der Waals surface area contributed by atoms with Crippen molar-refractivity contribution in [2.45, 2.75) is 70.3 Å². The highest BCUT2D eigenvalue weighted by molar-refractivity contribution is 5.87. The SMILES string of the molecule is C=C(C)C(=O)OC1(C2CC3CC2C2CCCC32)CCCC1. The fourth-order valence-electron chi connectivity index (χ4n) is 6.47. The van der Waals surface area contributed by atoms with Crippen molar-refractivity contribution in [1.29, 1.82) is 0 Å². The number of ether oxygens (including phenoxy) is 1. The van der Waals surface area contributed by atoms with Gasteiger partial charge in [-0.25, -0.2) is 4.79 Å². The van der Waals surface area contributed by atoms with Crippen LogP contribution in [-0.2, 0) is 9.53 Å². The first-order valence-electron chi connectivity index (χ1n) is 8.99. The van der Waals surface area contributed by atoms with Crippen molar-refractivity contribution in [2.24, 2.45) is 29.6 Å². The van der Waals surface area contributed by atoms with Crippen LogP contribution < -0.4 is 0 Å². The molecule has 0 amide bonds. The van der Waals surface area contributed by atoms with Crippen LogP contribution in [0.3, 0.4) is 0 Å². The lowest BCUT2D eigenvalue weighted by Crippen LogP contribution is -2.45. The summed E-state index contributed by atoms with van der Waals surface area (Å²) >= 11 is 0. The van der Waals surface area contributed by atoms with Crippen LogP contribution in [0, 0.1) is 29.6 Å². The summed E-state index contributed by atoms with van der Waals surface area (Å²) in [4.78, 5) is 12.2. The first kappa shape index (κ1) is 13.8. The predicted octanol–water partition coefficient (Wildman–Crippen LogP) is 4.49. The summed E-state index contributed by atoms with van der Waals surface area (Å²) in [6, 6.07) is 0. The molecule has 5 atom stereocenters. The lowest BCUT2D eigenvalue weighted by molar-refractivity contribution is -0.165. The largest absolute Gasteiger partial charge is 0.455 e. The molecule has 2 heteroatoms. The molecule has 4 saturated carbocycles. The van der Waals surface area contributed by atoms with Crippen LogP contribution >= 0.6 is 0 Å². The predicted molar refractivity (Wildman–Crippen MR) is 82.6 cm³/mol. The van der Waals surface area contributed by atoms with E-state index >= 15 is 0 Å². The normalized spacial score (nSPS) is 43.0. The summed E-state index contributed by atoms with van der Waals surface area (Å²) in [5, 5.41) is 0. The van der Waals surface area contributed by atoms with Gasteiger partial charge in [-0.1, -0.05) is 13.0 Å². The minimum Gasteiger partial charge on any atom is -0.455 e. The fraction of sp³-hybridized carbons (Fsp3) is 0.842. The van der Waals surface area contributed by atoms with E-state index in [-0.39, 0.29) is 11.6 Å². The number of rotatable bonds is 3. The number of esters is 1. The van der Waals surface area contributed by atoms with Crippen LogP contribution in [0.1, 0.15) is 64.7 Å². The Morgan fingerprint density at radius 3 is 2.48 bits per heavy atom. The van der Waals surface area contributed by atoms with Crippen molar-refractivity contribution in [3.63, 3.8) is 0 Å². The highest BCUT2D eigenvalue weighted by Crippen LogP contribution is 2.65. The van der Waals surface area contributed by atoms with Gasteiger partial charge in [0.25, 0.3) is 0 Å². The number of carbonyl (C=O) groups excluding carboxylic acids is 1. The van der Waals surface area contributed by atoms with Crippen LogP contribution in [-0.4, -0.2) is 11.6 Å². The molecule has 21 heavy (non-hydrogen) atoms. The first-order valence-corrected chi connectivity index (χ1v) is 8.99. The van der Waals surface area contributed by atoms with Crippen LogP contribution in [0.2, 0.25) is 0 Å². The molecule has 2 bridgehead atoms. The maximum Gasteiger partial charge on any atom is 0.333 e. The summed E-state index contributed by atoms with van der Waals surface area (Å²) < 4.78 is 6.11. The molecule has 0 aromatic rings. The van der Waals surface area contributed by atoms with Crippen molar-refractivity contribution in [3.05, 3.63) is 12.2 Å². The van der Waals surface area contributed by atoms with Crippen molar-refractivity contribution >= 4 is 5.97 Å². The molecule has 4 rings (SSSR count). The Hall–Kier alpha value is -0.790. The Balaban J connectivity index is 1.58. The quantitative estimate of drug-likeness (QED) is 0.565. The second-order valence-corrected chi connectivity index (χ2v) is 8.20.